The van der Waals surface area contributed by atoms with Gasteiger partial charge in [0, 0.05) is 11.8 Å². The summed E-state index contributed by atoms with van der Waals surface area (Å²) in [6, 6.07) is 58.6. The summed E-state index contributed by atoms with van der Waals surface area (Å²) < 4.78 is 56.1. The summed E-state index contributed by atoms with van der Waals surface area (Å²) in [4.78, 5) is 29.3. The lowest BCUT2D eigenvalue weighted by atomic mass is 9.79. The van der Waals surface area contributed by atoms with Crippen molar-refractivity contribution in [2.45, 2.75) is 55.5 Å². The van der Waals surface area contributed by atoms with Crippen LogP contribution in [0.2, 0.25) is 0 Å². The molecule has 62 heavy (non-hydrogen) atoms. The molecule has 316 valence electrons. The number of aryl methyl sites for hydroxylation is 1. The molecule has 8 rings (SSSR count). The minimum Gasteiger partial charge on any atom is -0.358 e. The Kier molecular flexibility index (Phi) is 12.6. The Morgan fingerprint density at radius 3 is 1.35 bits per heavy atom. The standard InChI is InChI=1S/C51H48N2O8S/c1-3-22-37-35-53(49(55)52-47(37)54)48-46(61-62(2,56)57)45(60-51(41-29-16-7-17-30-41,42-31-18-8-19-32-42)43-33-20-9-21-34-43)44(59-48)36-58-50(38-23-10-4-11-24-38,39-25-12-5-13-26-39)40-27-14-6-15-28-40/h4-21,23-35,44-46,48H,3,22,36H2,1-2H3,(H,52,54,55)/t44-,45-,46-,48-/m1/s1. The highest BCUT2D eigenvalue weighted by atomic mass is 32.2. The number of nitrogens with zero attached hydrogens (tertiary/aromatic N) is 1. The van der Waals surface area contributed by atoms with E-state index in [0.29, 0.717) is 18.4 Å². The van der Waals surface area contributed by atoms with Crippen LogP contribution in [-0.4, -0.2) is 49.1 Å². The number of aromatic nitrogens is 2. The molecule has 7 aromatic rings. The molecule has 0 spiro atoms. The quantitative estimate of drug-likeness (QED) is 0.0764. The summed E-state index contributed by atoms with van der Waals surface area (Å²) in [6.07, 6.45) is -1.85. The maximum absolute atomic E-state index is 13.9. The molecule has 4 atom stereocenters. The number of hydrogen-bond acceptors (Lipinski definition) is 8. The molecule has 0 radical (unpaired) electrons. The Morgan fingerprint density at radius 1 is 0.597 bits per heavy atom. The molecule has 1 fully saturated rings. The van der Waals surface area contributed by atoms with Crippen molar-refractivity contribution in [3.05, 3.63) is 248 Å². The normalized spacial score (nSPS) is 18.1. The monoisotopic (exact) mass is 848 g/mol. The topological polar surface area (TPSA) is 126 Å². The van der Waals surface area contributed by atoms with Crippen molar-refractivity contribution in [3.8, 4) is 0 Å². The Balaban J connectivity index is 1.36. The first-order valence-corrected chi connectivity index (χ1v) is 22.5. The van der Waals surface area contributed by atoms with Crippen LogP contribution >= 0.6 is 0 Å². The van der Waals surface area contributed by atoms with Gasteiger partial charge in [0.25, 0.3) is 15.7 Å². The molecule has 1 aliphatic rings. The SMILES string of the molecule is CCCc1cn([C@@H]2O[C@H](COC(c3ccccc3)(c3ccccc3)c3ccccc3)[C@@H](OC(c3ccccc3)(c3ccccc3)c3ccccc3)[C@H]2OS(C)(=O)=O)c(=O)[nH]c1=O. The summed E-state index contributed by atoms with van der Waals surface area (Å²) in [5, 5.41) is 0. The van der Waals surface area contributed by atoms with Gasteiger partial charge in [-0.1, -0.05) is 195 Å². The first-order chi connectivity index (χ1) is 30.1. The first kappa shape index (κ1) is 42.5. The third-order valence-electron chi connectivity index (χ3n) is 11.3. The molecule has 1 N–H and O–H groups in total. The Bertz CT molecular complexity index is 2580. The second-order valence-corrected chi connectivity index (χ2v) is 17.0. The van der Waals surface area contributed by atoms with Crippen LogP contribution in [0.3, 0.4) is 0 Å². The van der Waals surface area contributed by atoms with Crippen LogP contribution in [0.4, 0.5) is 0 Å². The molecule has 10 nitrogen and oxygen atoms in total. The fourth-order valence-corrected chi connectivity index (χ4v) is 9.19. The lowest BCUT2D eigenvalue weighted by molar-refractivity contribution is -0.130. The predicted molar refractivity (Wildman–Crippen MR) is 238 cm³/mol. The van der Waals surface area contributed by atoms with Crippen molar-refractivity contribution in [2.24, 2.45) is 0 Å². The van der Waals surface area contributed by atoms with E-state index in [2.05, 4.69) is 4.98 Å². The molecule has 11 heteroatoms. The molecule has 1 aromatic heterocycles. The number of aromatic amines is 1. The molecule has 0 amide bonds. The summed E-state index contributed by atoms with van der Waals surface area (Å²) in [7, 11) is -4.26. The molecule has 0 saturated carbocycles. The zero-order chi connectivity index (χ0) is 43.2. The number of H-pyrrole nitrogens is 1. The van der Waals surface area contributed by atoms with E-state index >= 15 is 0 Å². The highest BCUT2D eigenvalue weighted by molar-refractivity contribution is 7.86. The zero-order valence-corrected chi connectivity index (χ0v) is 35.3. The summed E-state index contributed by atoms with van der Waals surface area (Å²) in [5.74, 6) is 0. The number of hydrogen-bond donors (Lipinski definition) is 1. The molecule has 6 aromatic carbocycles. The highest BCUT2D eigenvalue weighted by Crippen LogP contribution is 2.47. The van der Waals surface area contributed by atoms with Crippen LogP contribution in [-0.2, 0) is 46.1 Å². The van der Waals surface area contributed by atoms with Crippen molar-refractivity contribution in [3.63, 3.8) is 0 Å². The van der Waals surface area contributed by atoms with Gasteiger partial charge < -0.3 is 14.2 Å². The van der Waals surface area contributed by atoms with Crippen LogP contribution in [0, 0.1) is 0 Å². The average Bonchev–Trinajstić information content (AvgIpc) is 3.62. The third-order valence-corrected chi connectivity index (χ3v) is 11.8. The van der Waals surface area contributed by atoms with Gasteiger partial charge in [-0.25, -0.2) is 4.79 Å². The molecule has 1 aliphatic heterocycles. The second-order valence-electron chi connectivity index (χ2n) is 15.4. The number of benzene rings is 6. The lowest BCUT2D eigenvalue weighted by Gasteiger charge is -2.41. The van der Waals surface area contributed by atoms with Crippen LogP contribution in [0.1, 0.15) is 58.5 Å². The van der Waals surface area contributed by atoms with Gasteiger partial charge in [0.1, 0.15) is 23.4 Å². The summed E-state index contributed by atoms with van der Waals surface area (Å²) in [5.41, 5.74) is 1.15. The van der Waals surface area contributed by atoms with Crippen LogP contribution in [0.25, 0.3) is 0 Å². The third kappa shape index (κ3) is 8.50. The predicted octanol–water partition coefficient (Wildman–Crippen LogP) is 8.12. The number of rotatable bonds is 16. The van der Waals surface area contributed by atoms with Gasteiger partial charge >= 0.3 is 5.69 Å². The van der Waals surface area contributed by atoms with Gasteiger partial charge in [-0.2, -0.15) is 8.42 Å². The van der Waals surface area contributed by atoms with Crippen molar-refractivity contribution in [1.29, 1.82) is 0 Å². The van der Waals surface area contributed by atoms with E-state index in [1.54, 1.807) is 0 Å². The molecular formula is C51H48N2O8S. The molecular weight excluding hydrogens is 801 g/mol. The van der Waals surface area contributed by atoms with Gasteiger partial charge in [0.15, 0.2) is 12.3 Å². The molecule has 2 heterocycles. The van der Waals surface area contributed by atoms with E-state index < -0.39 is 57.1 Å². The van der Waals surface area contributed by atoms with E-state index in [0.717, 1.165) is 39.6 Å². The Hall–Kier alpha value is -6.21. The van der Waals surface area contributed by atoms with E-state index in [4.69, 9.17) is 18.4 Å². The van der Waals surface area contributed by atoms with Crippen LogP contribution in [0.5, 0.6) is 0 Å². The number of nitrogens with one attached hydrogen (secondary N) is 1. The molecule has 0 unspecified atom stereocenters. The van der Waals surface area contributed by atoms with E-state index in [1.807, 2.05) is 189 Å². The highest BCUT2D eigenvalue weighted by Gasteiger charge is 2.55. The summed E-state index contributed by atoms with van der Waals surface area (Å²) in [6.45, 7) is 1.74. The minimum atomic E-state index is -4.26. The van der Waals surface area contributed by atoms with Gasteiger partial charge in [0.05, 0.1) is 12.9 Å². The first-order valence-electron chi connectivity index (χ1n) is 20.7. The van der Waals surface area contributed by atoms with Crippen molar-refractivity contribution >= 4 is 10.1 Å². The minimum absolute atomic E-state index is 0.183. The molecule has 0 bridgehead atoms. The smallest absolute Gasteiger partial charge is 0.330 e. The van der Waals surface area contributed by atoms with Gasteiger partial charge in [-0.3, -0.25) is 18.5 Å². The van der Waals surface area contributed by atoms with Gasteiger partial charge in [-0.15, -0.1) is 0 Å². The van der Waals surface area contributed by atoms with E-state index in [1.165, 1.54) is 10.8 Å². The summed E-state index contributed by atoms with van der Waals surface area (Å²) >= 11 is 0. The Labute approximate surface area is 361 Å². The average molecular weight is 849 g/mol. The zero-order valence-electron chi connectivity index (χ0n) is 34.5. The van der Waals surface area contributed by atoms with Crippen molar-refractivity contribution in [2.75, 3.05) is 12.9 Å². The number of ether oxygens (including phenoxy) is 3. The van der Waals surface area contributed by atoms with E-state index in [9.17, 15) is 18.0 Å². The van der Waals surface area contributed by atoms with Gasteiger partial charge in [-0.05, 0) is 39.8 Å². The van der Waals surface area contributed by atoms with Crippen LogP contribution < -0.4 is 11.2 Å². The molecule has 1 saturated heterocycles. The fourth-order valence-electron chi connectivity index (χ4n) is 8.58. The Morgan fingerprint density at radius 2 is 0.984 bits per heavy atom. The largest absolute Gasteiger partial charge is 0.358 e. The second kappa shape index (κ2) is 18.4. The maximum atomic E-state index is 13.9. The van der Waals surface area contributed by atoms with Gasteiger partial charge in [0.2, 0.25) is 0 Å². The maximum Gasteiger partial charge on any atom is 0.330 e. The fraction of sp³-hybridized carbons (Fsp3) is 0.216. The van der Waals surface area contributed by atoms with Crippen molar-refractivity contribution < 1.29 is 26.8 Å². The van der Waals surface area contributed by atoms with Crippen LogP contribution in [0.15, 0.2) is 198 Å². The van der Waals surface area contributed by atoms with Crippen molar-refractivity contribution in [1.82, 2.24) is 9.55 Å². The lowest BCUT2D eigenvalue weighted by Crippen LogP contribution is -2.48. The van der Waals surface area contributed by atoms with E-state index in [-0.39, 0.29) is 6.61 Å². The molecule has 0 aliphatic carbocycles.